The molecular weight excluding hydrogens is 379 g/mol. The van der Waals surface area contributed by atoms with E-state index in [1.165, 1.54) is 42.5 Å². The lowest BCUT2D eigenvalue weighted by atomic mass is 10.1. The van der Waals surface area contributed by atoms with Crippen LogP contribution in [0.5, 0.6) is 0 Å². The van der Waals surface area contributed by atoms with Crippen LogP contribution in [-0.4, -0.2) is 14.3 Å². The molecule has 3 rings (SSSR count). The van der Waals surface area contributed by atoms with Crippen molar-refractivity contribution in [1.82, 2.24) is 0 Å². The van der Waals surface area contributed by atoms with Gasteiger partial charge in [0, 0.05) is 11.3 Å². The number of carbonyl (C=O) groups is 1. The van der Waals surface area contributed by atoms with Crippen molar-refractivity contribution in [2.45, 2.75) is 18.7 Å². The molecule has 0 bridgehead atoms. The second kappa shape index (κ2) is 7.82. The number of hydrogen-bond acceptors (Lipinski definition) is 3. The Morgan fingerprint density at radius 2 is 1.50 bits per heavy atom. The number of anilines is 2. The van der Waals surface area contributed by atoms with Gasteiger partial charge in [-0.1, -0.05) is 12.1 Å². The van der Waals surface area contributed by atoms with Crippen molar-refractivity contribution < 1.29 is 17.6 Å². The van der Waals surface area contributed by atoms with Gasteiger partial charge >= 0.3 is 0 Å². The molecule has 7 heteroatoms. The molecule has 1 amide bonds. The maximum absolute atomic E-state index is 13.2. The summed E-state index contributed by atoms with van der Waals surface area (Å²) in [4.78, 5) is 12.4. The molecule has 0 aromatic heterocycles. The first-order valence-corrected chi connectivity index (χ1v) is 9.99. The molecule has 3 aromatic rings. The van der Waals surface area contributed by atoms with Gasteiger partial charge in [0.15, 0.2) is 0 Å². The minimum Gasteiger partial charge on any atom is -0.322 e. The number of amides is 1. The highest BCUT2D eigenvalue weighted by Crippen LogP contribution is 2.19. The van der Waals surface area contributed by atoms with Crippen molar-refractivity contribution >= 4 is 27.3 Å². The molecule has 0 aliphatic carbocycles. The molecule has 0 atom stereocenters. The van der Waals surface area contributed by atoms with Crippen LogP contribution in [-0.2, 0) is 10.0 Å². The third-order valence-electron chi connectivity index (χ3n) is 3.98. The van der Waals surface area contributed by atoms with Gasteiger partial charge in [-0.2, -0.15) is 0 Å². The van der Waals surface area contributed by atoms with Crippen LogP contribution in [0.1, 0.15) is 21.5 Å². The smallest absolute Gasteiger partial charge is 0.261 e. The summed E-state index contributed by atoms with van der Waals surface area (Å²) in [7, 11) is -3.89. The lowest BCUT2D eigenvalue weighted by Crippen LogP contribution is -2.15. The van der Waals surface area contributed by atoms with Crippen LogP contribution in [0.25, 0.3) is 0 Å². The second-order valence-electron chi connectivity index (χ2n) is 6.47. The number of hydrogen-bond donors (Lipinski definition) is 2. The van der Waals surface area contributed by atoms with E-state index in [0.29, 0.717) is 11.3 Å². The van der Waals surface area contributed by atoms with Gasteiger partial charge in [0.25, 0.3) is 15.9 Å². The van der Waals surface area contributed by atoms with Crippen LogP contribution in [0.3, 0.4) is 0 Å². The Bertz CT molecular complexity index is 1110. The summed E-state index contributed by atoms with van der Waals surface area (Å²) < 4.78 is 40.4. The molecule has 0 aliphatic rings. The van der Waals surface area contributed by atoms with Crippen molar-refractivity contribution in [1.29, 1.82) is 0 Å². The van der Waals surface area contributed by atoms with E-state index < -0.39 is 15.8 Å². The molecule has 28 heavy (non-hydrogen) atoms. The second-order valence-corrected chi connectivity index (χ2v) is 8.15. The largest absolute Gasteiger partial charge is 0.322 e. The molecule has 0 radical (unpaired) electrons. The highest BCUT2D eigenvalue weighted by atomic mass is 32.2. The Morgan fingerprint density at radius 3 is 2.11 bits per heavy atom. The SMILES string of the molecule is Cc1cc(C)cc(NC(=O)c2ccc(S(=O)(=O)Nc3cccc(F)c3)cc2)c1. The van der Waals surface area contributed by atoms with Crippen LogP contribution in [0.15, 0.2) is 71.6 Å². The average Bonchev–Trinajstić information content (AvgIpc) is 2.60. The summed E-state index contributed by atoms with van der Waals surface area (Å²) in [5, 5.41) is 2.80. The Labute approximate surface area is 163 Å². The summed E-state index contributed by atoms with van der Waals surface area (Å²) in [6.07, 6.45) is 0. The molecule has 0 unspecified atom stereocenters. The van der Waals surface area contributed by atoms with Crippen LogP contribution < -0.4 is 10.0 Å². The van der Waals surface area contributed by atoms with Gasteiger partial charge < -0.3 is 5.32 Å². The highest BCUT2D eigenvalue weighted by Gasteiger charge is 2.16. The van der Waals surface area contributed by atoms with E-state index in [1.807, 2.05) is 32.0 Å². The summed E-state index contributed by atoms with van der Waals surface area (Å²) in [6.45, 7) is 3.88. The van der Waals surface area contributed by atoms with Crippen LogP contribution >= 0.6 is 0 Å². The van der Waals surface area contributed by atoms with Crippen molar-refractivity contribution in [2.24, 2.45) is 0 Å². The summed E-state index contributed by atoms with van der Waals surface area (Å²) in [5.74, 6) is -0.884. The van der Waals surface area contributed by atoms with Gasteiger partial charge in [0.1, 0.15) is 5.82 Å². The summed E-state index contributed by atoms with van der Waals surface area (Å²) >= 11 is 0. The molecule has 0 fully saturated rings. The molecule has 2 N–H and O–H groups in total. The number of benzene rings is 3. The molecule has 5 nitrogen and oxygen atoms in total. The third-order valence-corrected chi connectivity index (χ3v) is 5.38. The molecule has 3 aromatic carbocycles. The standard InChI is InChI=1S/C21H19FN2O3S/c1-14-10-15(2)12-19(11-14)23-21(25)16-6-8-20(9-7-16)28(26,27)24-18-5-3-4-17(22)13-18/h3-13,24H,1-2H3,(H,23,25). The Hall–Kier alpha value is -3.19. The Kier molecular flexibility index (Phi) is 5.46. The molecule has 0 saturated carbocycles. The van der Waals surface area contributed by atoms with Crippen molar-refractivity contribution in [3.8, 4) is 0 Å². The predicted octanol–water partition coefficient (Wildman–Crippen LogP) is 4.50. The van der Waals surface area contributed by atoms with E-state index in [2.05, 4.69) is 10.0 Å². The van der Waals surface area contributed by atoms with Crippen molar-refractivity contribution in [3.05, 3.63) is 89.2 Å². The Morgan fingerprint density at radius 1 is 0.857 bits per heavy atom. The van der Waals surface area contributed by atoms with Gasteiger partial charge in [-0.3, -0.25) is 9.52 Å². The number of carbonyl (C=O) groups excluding carboxylic acids is 1. The number of rotatable bonds is 5. The first-order chi connectivity index (χ1) is 13.2. The summed E-state index contributed by atoms with van der Waals surface area (Å²) in [5.41, 5.74) is 3.17. The number of aryl methyl sites for hydroxylation is 2. The van der Waals surface area contributed by atoms with E-state index >= 15 is 0 Å². The third kappa shape index (κ3) is 4.75. The van der Waals surface area contributed by atoms with Crippen molar-refractivity contribution in [2.75, 3.05) is 10.0 Å². The number of nitrogens with one attached hydrogen (secondary N) is 2. The molecule has 0 saturated heterocycles. The monoisotopic (exact) mass is 398 g/mol. The zero-order chi connectivity index (χ0) is 20.3. The minimum atomic E-state index is -3.89. The fraction of sp³-hybridized carbons (Fsp3) is 0.0952. The number of halogens is 1. The van der Waals surface area contributed by atoms with Gasteiger partial charge in [-0.05, 0) is 79.6 Å². The Balaban J connectivity index is 1.75. The lowest BCUT2D eigenvalue weighted by Gasteiger charge is -2.10. The van der Waals surface area contributed by atoms with Gasteiger partial charge in [-0.15, -0.1) is 0 Å². The topological polar surface area (TPSA) is 75.3 Å². The lowest BCUT2D eigenvalue weighted by molar-refractivity contribution is 0.102. The minimum absolute atomic E-state index is 0.0280. The highest BCUT2D eigenvalue weighted by molar-refractivity contribution is 7.92. The first kappa shape index (κ1) is 19.6. The zero-order valence-corrected chi connectivity index (χ0v) is 16.2. The van der Waals surface area contributed by atoms with Crippen molar-refractivity contribution in [3.63, 3.8) is 0 Å². The van der Waals surface area contributed by atoms with E-state index in [9.17, 15) is 17.6 Å². The number of sulfonamides is 1. The van der Waals surface area contributed by atoms with E-state index in [1.54, 1.807) is 0 Å². The first-order valence-electron chi connectivity index (χ1n) is 8.51. The molecule has 0 heterocycles. The van der Waals surface area contributed by atoms with Crippen LogP contribution in [0.4, 0.5) is 15.8 Å². The zero-order valence-electron chi connectivity index (χ0n) is 15.4. The molecule has 144 valence electrons. The van der Waals surface area contributed by atoms with Gasteiger partial charge in [0.2, 0.25) is 0 Å². The van der Waals surface area contributed by atoms with Crippen LogP contribution in [0.2, 0.25) is 0 Å². The summed E-state index contributed by atoms with van der Waals surface area (Å²) in [6, 6.07) is 16.4. The maximum Gasteiger partial charge on any atom is 0.261 e. The predicted molar refractivity (Wildman–Crippen MR) is 108 cm³/mol. The fourth-order valence-corrected chi connectivity index (χ4v) is 3.85. The maximum atomic E-state index is 13.2. The van der Waals surface area contributed by atoms with Crippen LogP contribution in [0, 0.1) is 19.7 Å². The average molecular weight is 398 g/mol. The van der Waals surface area contributed by atoms with Gasteiger partial charge in [0.05, 0.1) is 10.6 Å². The van der Waals surface area contributed by atoms with Gasteiger partial charge in [-0.25, -0.2) is 12.8 Å². The molecular formula is C21H19FN2O3S. The van der Waals surface area contributed by atoms with E-state index in [-0.39, 0.29) is 16.5 Å². The van der Waals surface area contributed by atoms with E-state index in [0.717, 1.165) is 17.2 Å². The fourth-order valence-electron chi connectivity index (χ4n) is 2.80. The van der Waals surface area contributed by atoms with E-state index in [4.69, 9.17) is 0 Å². The molecule has 0 spiro atoms. The quantitative estimate of drug-likeness (QED) is 0.665. The molecule has 0 aliphatic heterocycles. The normalized spacial score (nSPS) is 11.1.